The summed E-state index contributed by atoms with van der Waals surface area (Å²) < 4.78 is 46.5. The Balaban J connectivity index is 1.37. The van der Waals surface area contributed by atoms with Crippen LogP contribution in [0.4, 0.5) is 0 Å². The van der Waals surface area contributed by atoms with Crippen molar-refractivity contribution in [3.63, 3.8) is 0 Å². The summed E-state index contributed by atoms with van der Waals surface area (Å²) in [6.45, 7) is 7.83. The maximum Gasteiger partial charge on any atom is 0.244 e. The molecule has 1 aliphatic heterocycles. The van der Waals surface area contributed by atoms with Crippen LogP contribution in [0.15, 0.2) is 17.8 Å². The predicted octanol–water partition coefficient (Wildman–Crippen LogP) is -0.603. The van der Waals surface area contributed by atoms with E-state index in [1.54, 1.807) is 17.7 Å². The third-order valence-corrected chi connectivity index (χ3v) is 6.70. The van der Waals surface area contributed by atoms with Gasteiger partial charge in [0.2, 0.25) is 5.91 Å². The predicted molar refractivity (Wildman–Crippen MR) is 125 cm³/mol. The van der Waals surface area contributed by atoms with Crippen molar-refractivity contribution in [3.8, 4) is 0 Å². The number of hydrogen-bond donors (Lipinski definition) is 1. The molecule has 0 bridgehead atoms. The molecular weight excluding hydrogens is 466 g/mol. The van der Waals surface area contributed by atoms with Gasteiger partial charge in [-0.2, -0.15) is 0 Å². The fourth-order valence-electron chi connectivity index (χ4n) is 3.04. The lowest BCUT2D eigenvalue weighted by Gasteiger charge is -2.25. The molecule has 13 heteroatoms. The van der Waals surface area contributed by atoms with Gasteiger partial charge in [0.25, 0.3) is 0 Å². The van der Waals surface area contributed by atoms with Gasteiger partial charge in [0.1, 0.15) is 0 Å². The van der Waals surface area contributed by atoms with Crippen molar-refractivity contribution in [1.29, 1.82) is 0 Å². The summed E-state index contributed by atoms with van der Waals surface area (Å²) in [6.07, 6.45) is 4.27. The zero-order chi connectivity index (χ0) is 24.7. The lowest BCUT2D eigenvalue weighted by atomic mass is 10.2. The van der Waals surface area contributed by atoms with Crippen molar-refractivity contribution in [3.05, 3.63) is 23.5 Å². The van der Waals surface area contributed by atoms with E-state index < -0.39 is 15.7 Å². The number of carbonyl (C=O) groups is 1. The average molecular weight is 504 g/mol. The Morgan fingerprint density at radius 1 is 1.00 bits per heavy atom. The van der Waals surface area contributed by atoms with Crippen LogP contribution in [0, 0.1) is 0 Å². The number of ether oxygens (including phenoxy) is 4. The van der Waals surface area contributed by atoms with E-state index in [0.29, 0.717) is 91.0 Å². The van der Waals surface area contributed by atoms with E-state index in [4.69, 9.17) is 24.7 Å². The maximum atomic E-state index is 11.5. The number of rotatable bonds is 18. The Labute approximate surface area is 201 Å². The first-order valence-corrected chi connectivity index (χ1v) is 13.3. The van der Waals surface area contributed by atoms with Crippen LogP contribution in [-0.4, -0.2) is 112 Å². The quantitative estimate of drug-likeness (QED) is 0.203. The number of nitrogens with two attached hydrogens (primary N) is 1. The standard InChI is InChI=1S/C21H37N5O7S/c1-19(21(22)27)3-2-7-30-9-11-32-13-14-33-12-10-31-8-4-26-18-20(23-24-26)17-25-5-15-34(28,29)16-6-25/h3,18H,2,4-17H2,1H3,(H2,22,27). The van der Waals surface area contributed by atoms with E-state index in [0.717, 1.165) is 5.69 Å². The van der Waals surface area contributed by atoms with Crippen LogP contribution in [0.5, 0.6) is 0 Å². The van der Waals surface area contributed by atoms with Gasteiger partial charge in [0.15, 0.2) is 9.84 Å². The van der Waals surface area contributed by atoms with E-state index in [2.05, 4.69) is 15.2 Å². The van der Waals surface area contributed by atoms with Gasteiger partial charge in [0.05, 0.1) is 76.6 Å². The molecule has 0 radical (unpaired) electrons. The molecule has 1 amide bonds. The largest absolute Gasteiger partial charge is 0.379 e. The third kappa shape index (κ3) is 12.5. The summed E-state index contributed by atoms with van der Waals surface area (Å²) in [6, 6.07) is 0. The first kappa shape index (κ1) is 28.3. The van der Waals surface area contributed by atoms with E-state index >= 15 is 0 Å². The van der Waals surface area contributed by atoms with Crippen LogP contribution in [0.25, 0.3) is 0 Å². The Bertz CT molecular complexity index is 845. The smallest absolute Gasteiger partial charge is 0.244 e. The van der Waals surface area contributed by atoms with Gasteiger partial charge in [-0.3, -0.25) is 9.69 Å². The Morgan fingerprint density at radius 2 is 1.56 bits per heavy atom. The number of nitrogens with zero attached hydrogens (tertiary/aromatic N) is 4. The monoisotopic (exact) mass is 503 g/mol. The first-order valence-electron chi connectivity index (χ1n) is 11.4. The van der Waals surface area contributed by atoms with Gasteiger partial charge in [0, 0.05) is 31.4 Å². The molecular formula is C21H37N5O7S. The minimum atomic E-state index is -2.87. The Kier molecular flexibility index (Phi) is 13.3. The van der Waals surface area contributed by atoms with Gasteiger partial charge >= 0.3 is 0 Å². The Hall–Kier alpha value is -1.90. The molecule has 0 spiro atoms. The average Bonchev–Trinajstić information content (AvgIpc) is 3.24. The zero-order valence-corrected chi connectivity index (χ0v) is 20.7. The number of sulfone groups is 1. The molecule has 1 aliphatic rings. The molecule has 0 unspecified atom stereocenters. The molecule has 0 aliphatic carbocycles. The summed E-state index contributed by atoms with van der Waals surface area (Å²) >= 11 is 0. The molecule has 1 aromatic heterocycles. The van der Waals surface area contributed by atoms with Gasteiger partial charge in [-0.05, 0) is 13.3 Å². The highest BCUT2D eigenvalue weighted by Gasteiger charge is 2.22. The van der Waals surface area contributed by atoms with Crippen LogP contribution in [0.1, 0.15) is 19.0 Å². The van der Waals surface area contributed by atoms with Gasteiger partial charge < -0.3 is 24.7 Å². The van der Waals surface area contributed by atoms with Crippen LogP contribution >= 0.6 is 0 Å². The Morgan fingerprint density at radius 3 is 2.15 bits per heavy atom. The fraction of sp³-hybridized carbons (Fsp3) is 0.762. The van der Waals surface area contributed by atoms with Crippen LogP contribution in [-0.2, 0) is 46.7 Å². The lowest BCUT2D eigenvalue weighted by Crippen LogP contribution is -2.39. The van der Waals surface area contributed by atoms with Gasteiger partial charge in [-0.25, -0.2) is 13.1 Å². The number of primary amides is 1. The molecule has 1 aromatic rings. The van der Waals surface area contributed by atoms with Crippen molar-refractivity contribution >= 4 is 15.7 Å². The molecule has 194 valence electrons. The number of amides is 1. The molecule has 1 fully saturated rings. The molecule has 2 N–H and O–H groups in total. The van der Waals surface area contributed by atoms with Crippen LogP contribution in [0.3, 0.4) is 0 Å². The fourth-order valence-corrected chi connectivity index (χ4v) is 4.31. The van der Waals surface area contributed by atoms with Crippen molar-refractivity contribution in [2.75, 3.05) is 77.5 Å². The normalized spacial score (nSPS) is 16.7. The lowest BCUT2D eigenvalue weighted by molar-refractivity contribution is -0.114. The van der Waals surface area contributed by atoms with Crippen molar-refractivity contribution < 1.29 is 32.2 Å². The van der Waals surface area contributed by atoms with Gasteiger partial charge in [-0.15, -0.1) is 5.10 Å². The van der Waals surface area contributed by atoms with Crippen molar-refractivity contribution in [2.45, 2.75) is 26.4 Å². The highest BCUT2D eigenvalue weighted by molar-refractivity contribution is 7.91. The molecule has 0 aromatic carbocycles. The minimum absolute atomic E-state index is 0.205. The second-order valence-electron chi connectivity index (χ2n) is 7.89. The van der Waals surface area contributed by atoms with E-state index in [1.807, 2.05) is 6.20 Å². The molecule has 0 saturated carbocycles. The van der Waals surface area contributed by atoms with Gasteiger partial charge in [-0.1, -0.05) is 11.3 Å². The highest BCUT2D eigenvalue weighted by Crippen LogP contribution is 2.07. The van der Waals surface area contributed by atoms with E-state index in [-0.39, 0.29) is 11.5 Å². The zero-order valence-electron chi connectivity index (χ0n) is 19.9. The summed E-state index contributed by atoms with van der Waals surface area (Å²) in [5.74, 6) is -0.00293. The van der Waals surface area contributed by atoms with Crippen LogP contribution < -0.4 is 5.73 Å². The minimum Gasteiger partial charge on any atom is -0.379 e. The number of hydrogen-bond acceptors (Lipinski definition) is 10. The summed E-state index contributed by atoms with van der Waals surface area (Å²) in [4.78, 5) is 12.9. The molecule has 2 heterocycles. The number of carbonyl (C=O) groups excluding carboxylic acids is 1. The van der Waals surface area contributed by atoms with E-state index in [1.165, 1.54) is 0 Å². The summed E-state index contributed by atoms with van der Waals surface area (Å²) in [7, 11) is -2.87. The maximum absolute atomic E-state index is 11.5. The second-order valence-corrected chi connectivity index (χ2v) is 10.2. The number of aromatic nitrogens is 3. The van der Waals surface area contributed by atoms with Crippen LogP contribution in [0.2, 0.25) is 0 Å². The third-order valence-electron chi connectivity index (χ3n) is 5.09. The topological polar surface area (TPSA) is 148 Å². The molecule has 34 heavy (non-hydrogen) atoms. The highest BCUT2D eigenvalue weighted by atomic mass is 32.2. The molecule has 12 nitrogen and oxygen atoms in total. The first-order chi connectivity index (χ1) is 16.4. The summed E-state index contributed by atoms with van der Waals surface area (Å²) in [5.41, 5.74) is 6.50. The van der Waals surface area contributed by atoms with E-state index in [9.17, 15) is 13.2 Å². The molecule has 2 rings (SSSR count). The second kappa shape index (κ2) is 15.9. The summed E-state index contributed by atoms with van der Waals surface area (Å²) in [5, 5.41) is 8.23. The van der Waals surface area contributed by atoms with Crippen molar-refractivity contribution in [1.82, 2.24) is 19.9 Å². The molecule has 1 saturated heterocycles. The SMILES string of the molecule is CC(=CCCOCCOCCOCCOCCn1cc(CN2CCS(=O)(=O)CC2)nn1)C(N)=O. The molecule has 0 atom stereocenters. The van der Waals surface area contributed by atoms with Crippen molar-refractivity contribution in [2.24, 2.45) is 5.73 Å².